The van der Waals surface area contributed by atoms with Crippen molar-refractivity contribution in [1.82, 2.24) is 0 Å². The van der Waals surface area contributed by atoms with Crippen molar-refractivity contribution in [3.63, 3.8) is 0 Å². The number of rotatable bonds is 1. The summed E-state index contributed by atoms with van der Waals surface area (Å²) in [4.78, 5) is 0. The Morgan fingerprint density at radius 2 is 1.88 bits per heavy atom. The summed E-state index contributed by atoms with van der Waals surface area (Å²) in [6, 6.07) is 0. The molecule has 0 heterocycles. The largest absolute Gasteiger partial charge is 0.330 e. The van der Waals surface area contributed by atoms with Crippen molar-refractivity contribution in [2.45, 2.75) is 32.6 Å². The van der Waals surface area contributed by atoms with E-state index in [9.17, 15) is 0 Å². The van der Waals surface area contributed by atoms with E-state index in [-0.39, 0.29) is 0 Å². The van der Waals surface area contributed by atoms with Crippen LogP contribution in [0.5, 0.6) is 0 Å². The van der Waals surface area contributed by atoms with Crippen molar-refractivity contribution >= 4 is 0 Å². The Balaban J connectivity index is 2.40. The van der Waals surface area contributed by atoms with Crippen LogP contribution in [0.2, 0.25) is 0 Å². The Bertz CT molecular complexity index is 72.5. The highest BCUT2D eigenvalue weighted by Crippen LogP contribution is 2.35. The second-order valence-corrected chi connectivity index (χ2v) is 3.22. The van der Waals surface area contributed by atoms with Crippen LogP contribution in [0.25, 0.3) is 0 Å². The molecule has 1 fully saturated rings. The molecule has 0 aliphatic heterocycles. The molecule has 48 valence electrons. The van der Waals surface area contributed by atoms with Gasteiger partial charge >= 0.3 is 0 Å². The van der Waals surface area contributed by atoms with Gasteiger partial charge in [-0.15, -0.1) is 0 Å². The second kappa shape index (κ2) is 2.06. The monoisotopic (exact) mass is 113 g/mol. The summed E-state index contributed by atoms with van der Waals surface area (Å²) in [6.07, 6.45) is 5.49. The maximum Gasteiger partial charge on any atom is -0.00232 e. The SMILES string of the molecule is CC1(CN)CCCC1. The second-order valence-electron chi connectivity index (χ2n) is 3.22. The Labute approximate surface area is 51.3 Å². The third-order valence-electron chi connectivity index (χ3n) is 2.30. The molecular weight excluding hydrogens is 98.1 g/mol. The summed E-state index contributed by atoms with van der Waals surface area (Å²) in [7, 11) is 0. The fraction of sp³-hybridized carbons (Fsp3) is 1.00. The van der Waals surface area contributed by atoms with E-state index in [1.165, 1.54) is 25.7 Å². The lowest BCUT2D eigenvalue weighted by Crippen LogP contribution is -2.22. The van der Waals surface area contributed by atoms with E-state index in [1.807, 2.05) is 0 Å². The highest BCUT2D eigenvalue weighted by molar-refractivity contribution is 4.80. The molecule has 0 amide bonds. The lowest BCUT2D eigenvalue weighted by Gasteiger charge is -2.19. The van der Waals surface area contributed by atoms with Gasteiger partial charge in [-0.3, -0.25) is 0 Å². The molecule has 1 nitrogen and oxygen atoms in total. The molecule has 2 N–H and O–H groups in total. The van der Waals surface area contributed by atoms with Gasteiger partial charge < -0.3 is 5.73 Å². The third kappa shape index (κ3) is 1.03. The zero-order valence-corrected chi connectivity index (χ0v) is 5.61. The molecule has 0 atom stereocenters. The fourth-order valence-corrected chi connectivity index (χ4v) is 1.43. The summed E-state index contributed by atoms with van der Waals surface area (Å²) < 4.78 is 0. The molecule has 0 bridgehead atoms. The van der Waals surface area contributed by atoms with Crippen LogP contribution in [0.15, 0.2) is 0 Å². The quantitative estimate of drug-likeness (QED) is 0.548. The highest BCUT2D eigenvalue weighted by atomic mass is 14.6. The van der Waals surface area contributed by atoms with Crippen LogP contribution in [0.4, 0.5) is 0 Å². The lowest BCUT2D eigenvalue weighted by atomic mass is 9.89. The zero-order chi connectivity index (χ0) is 6.04. The molecule has 0 saturated heterocycles. The van der Waals surface area contributed by atoms with Gasteiger partial charge in [0.2, 0.25) is 0 Å². The van der Waals surface area contributed by atoms with Crippen LogP contribution < -0.4 is 5.73 Å². The topological polar surface area (TPSA) is 26.0 Å². The molecule has 0 aromatic heterocycles. The Morgan fingerprint density at radius 3 is 2.12 bits per heavy atom. The van der Waals surface area contributed by atoms with E-state index < -0.39 is 0 Å². The van der Waals surface area contributed by atoms with E-state index in [0.29, 0.717) is 5.41 Å². The summed E-state index contributed by atoms with van der Waals surface area (Å²) in [5.74, 6) is 0. The van der Waals surface area contributed by atoms with Crippen LogP contribution in [0.1, 0.15) is 32.6 Å². The molecular formula is C7H15N. The number of hydrogen-bond acceptors (Lipinski definition) is 1. The van der Waals surface area contributed by atoms with Gasteiger partial charge in [0, 0.05) is 0 Å². The van der Waals surface area contributed by atoms with Crippen LogP contribution >= 0.6 is 0 Å². The van der Waals surface area contributed by atoms with E-state index in [0.717, 1.165) is 6.54 Å². The zero-order valence-electron chi connectivity index (χ0n) is 5.61. The van der Waals surface area contributed by atoms with Gasteiger partial charge in [-0.25, -0.2) is 0 Å². The smallest absolute Gasteiger partial charge is 0.00232 e. The van der Waals surface area contributed by atoms with Crippen molar-refractivity contribution in [3.05, 3.63) is 0 Å². The molecule has 0 spiro atoms. The summed E-state index contributed by atoms with van der Waals surface area (Å²) in [5.41, 5.74) is 6.08. The third-order valence-corrected chi connectivity index (χ3v) is 2.30. The van der Waals surface area contributed by atoms with Gasteiger partial charge in [-0.2, -0.15) is 0 Å². The van der Waals surface area contributed by atoms with Crippen molar-refractivity contribution in [2.75, 3.05) is 6.54 Å². The van der Waals surface area contributed by atoms with Gasteiger partial charge in [0.25, 0.3) is 0 Å². The molecule has 1 heteroatoms. The number of nitrogens with two attached hydrogens (primary N) is 1. The van der Waals surface area contributed by atoms with E-state index >= 15 is 0 Å². The first-order valence-electron chi connectivity index (χ1n) is 3.47. The molecule has 1 aliphatic carbocycles. The molecule has 8 heavy (non-hydrogen) atoms. The Morgan fingerprint density at radius 1 is 1.38 bits per heavy atom. The van der Waals surface area contributed by atoms with Crippen LogP contribution in [0, 0.1) is 5.41 Å². The Kier molecular flexibility index (Phi) is 1.57. The van der Waals surface area contributed by atoms with E-state index in [4.69, 9.17) is 5.73 Å². The summed E-state index contributed by atoms with van der Waals surface area (Å²) >= 11 is 0. The molecule has 1 rings (SSSR count). The lowest BCUT2D eigenvalue weighted by molar-refractivity contribution is 0.350. The first-order chi connectivity index (χ1) is 3.77. The minimum absolute atomic E-state index is 0.514. The van der Waals surface area contributed by atoms with Crippen LogP contribution in [-0.4, -0.2) is 6.54 Å². The standard InChI is InChI=1S/C7H15N/c1-7(6-8)4-2-3-5-7/h2-6,8H2,1H3. The molecule has 0 radical (unpaired) electrons. The van der Waals surface area contributed by atoms with Crippen LogP contribution in [0.3, 0.4) is 0 Å². The van der Waals surface area contributed by atoms with Crippen molar-refractivity contribution in [1.29, 1.82) is 0 Å². The van der Waals surface area contributed by atoms with E-state index in [2.05, 4.69) is 6.92 Å². The fourth-order valence-electron chi connectivity index (χ4n) is 1.43. The molecule has 1 aliphatic rings. The van der Waals surface area contributed by atoms with Gasteiger partial charge in [-0.05, 0) is 24.8 Å². The maximum absolute atomic E-state index is 5.57. The first-order valence-corrected chi connectivity index (χ1v) is 3.47. The van der Waals surface area contributed by atoms with Gasteiger partial charge in [-0.1, -0.05) is 19.8 Å². The normalized spacial score (nSPS) is 26.2. The summed E-state index contributed by atoms with van der Waals surface area (Å²) in [5, 5.41) is 0. The van der Waals surface area contributed by atoms with E-state index in [1.54, 1.807) is 0 Å². The molecule has 0 aromatic rings. The van der Waals surface area contributed by atoms with Crippen LogP contribution in [-0.2, 0) is 0 Å². The highest BCUT2D eigenvalue weighted by Gasteiger charge is 2.26. The predicted octanol–water partition coefficient (Wildman–Crippen LogP) is 1.53. The maximum atomic E-state index is 5.57. The van der Waals surface area contributed by atoms with Crippen molar-refractivity contribution in [2.24, 2.45) is 11.1 Å². The van der Waals surface area contributed by atoms with Crippen molar-refractivity contribution < 1.29 is 0 Å². The first kappa shape index (κ1) is 6.09. The minimum Gasteiger partial charge on any atom is -0.330 e. The average molecular weight is 113 g/mol. The Hall–Kier alpha value is -0.0400. The molecule has 0 unspecified atom stereocenters. The van der Waals surface area contributed by atoms with Gasteiger partial charge in [0.05, 0.1) is 0 Å². The number of hydrogen-bond donors (Lipinski definition) is 1. The average Bonchev–Trinajstić information content (AvgIpc) is 2.17. The molecule has 1 saturated carbocycles. The van der Waals surface area contributed by atoms with Gasteiger partial charge in [0.15, 0.2) is 0 Å². The predicted molar refractivity (Wildman–Crippen MR) is 35.6 cm³/mol. The summed E-state index contributed by atoms with van der Waals surface area (Å²) in [6.45, 7) is 3.17. The van der Waals surface area contributed by atoms with Crippen molar-refractivity contribution in [3.8, 4) is 0 Å². The molecule has 0 aromatic carbocycles. The minimum atomic E-state index is 0.514. The van der Waals surface area contributed by atoms with Gasteiger partial charge in [0.1, 0.15) is 0 Å².